The van der Waals surface area contributed by atoms with Gasteiger partial charge in [-0.3, -0.25) is 19.4 Å². The molecule has 208 valence electrons. The minimum absolute atomic E-state index is 0.149. The van der Waals surface area contributed by atoms with Gasteiger partial charge in [-0.05, 0) is 49.0 Å². The molecule has 0 spiro atoms. The van der Waals surface area contributed by atoms with Crippen LogP contribution in [0.5, 0.6) is 0 Å². The van der Waals surface area contributed by atoms with Crippen LogP contribution in [0.2, 0.25) is 0 Å². The molecule has 3 rings (SSSR count). The van der Waals surface area contributed by atoms with Gasteiger partial charge in [0.1, 0.15) is 0 Å². The van der Waals surface area contributed by atoms with Crippen LogP contribution in [0.3, 0.4) is 0 Å². The van der Waals surface area contributed by atoms with Crippen molar-refractivity contribution in [3.8, 4) is 0 Å². The summed E-state index contributed by atoms with van der Waals surface area (Å²) in [4.78, 5) is 59.2. The van der Waals surface area contributed by atoms with Gasteiger partial charge in [0.2, 0.25) is 5.91 Å². The molecule has 10 nitrogen and oxygen atoms in total. The number of allylic oxidation sites excluding steroid dienone is 1. The maximum Gasteiger partial charge on any atom is 0.407 e. The van der Waals surface area contributed by atoms with Crippen LogP contribution in [0.25, 0.3) is 10.9 Å². The number of ketones is 1. The van der Waals surface area contributed by atoms with Crippen molar-refractivity contribution in [2.75, 3.05) is 21.2 Å². The fraction of sp³-hybridized carbons (Fsp3) is 0.414. The fourth-order valence-corrected chi connectivity index (χ4v) is 4.30. The second kappa shape index (κ2) is 13.5. The van der Waals surface area contributed by atoms with Crippen LogP contribution in [-0.4, -0.2) is 64.5 Å². The highest BCUT2D eigenvalue weighted by molar-refractivity contribution is 5.89. The molecule has 0 bridgehead atoms. The van der Waals surface area contributed by atoms with Crippen LogP contribution < -0.4 is 10.9 Å². The molecule has 0 saturated heterocycles. The Balaban J connectivity index is 1.75. The summed E-state index contributed by atoms with van der Waals surface area (Å²) in [6, 6.07) is 4.47. The number of ether oxygens (including phenoxy) is 1. The number of Topliss-reactive ketones (excluding diaryl/α,β-unsaturated/α-hetero) is 1. The van der Waals surface area contributed by atoms with Gasteiger partial charge in [-0.2, -0.15) is 0 Å². The SMILES string of the molecule is COC(=O)NC(CC/C=C/C(=O)N(C)C)C(=O)Cc1cccn(Cc2cc3cncc(CC(C)C)c3[nH]2)c1=O. The summed E-state index contributed by atoms with van der Waals surface area (Å²) in [6.45, 7) is 4.62. The predicted octanol–water partition coefficient (Wildman–Crippen LogP) is 3.23. The number of aromatic amines is 1. The second-order valence-corrected chi connectivity index (χ2v) is 10.2. The number of carbonyl (C=O) groups is 3. The highest BCUT2D eigenvalue weighted by Crippen LogP contribution is 2.21. The lowest BCUT2D eigenvalue weighted by Gasteiger charge is -2.16. The first-order valence-electron chi connectivity index (χ1n) is 13.0. The van der Waals surface area contributed by atoms with Crippen molar-refractivity contribution in [2.24, 2.45) is 5.92 Å². The van der Waals surface area contributed by atoms with Crippen LogP contribution in [0.15, 0.2) is 53.7 Å². The minimum Gasteiger partial charge on any atom is -0.453 e. The highest BCUT2D eigenvalue weighted by Gasteiger charge is 2.22. The fourth-order valence-electron chi connectivity index (χ4n) is 4.30. The van der Waals surface area contributed by atoms with Crippen molar-refractivity contribution in [3.63, 3.8) is 0 Å². The van der Waals surface area contributed by atoms with Gasteiger partial charge >= 0.3 is 6.09 Å². The largest absolute Gasteiger partial charge is 0.453 e. The number of nitrogens with one attached hydrogen (secondary N) is 2. The summed E-state index contributed by atoms with van der Waals surface area (Å²) >= 11 is 0. The molecule has 0 aliphatic rings. The number of methoxy groups -OCH3 is 1. The van der Waals surface area contributed by atoms with E-state index < -0.39 is 12.1 Å². The van der Waals surface area contributed by atoms with Crippen molar-refractivity contribution < 1.29 is 19.1 Å². The van der Waals surface area contributed by atoms with E-state index in [4.69, 9.17) is 0 Å². The lowest BCUT2D eigenvalue weighted by atomic mass is 10.0. The van der Waals surface area contributed by atoms with E-state index in [1.807, 2.05) is 12.3 Å². The Morgan fingerprint density at radius 2 is 1.97 bits per heavy atom. The van der Waals surface area contributed by atoms with Crippen LogP contribution in [0, 0.1) is 5.92 Å². The average molecular weight is 536 g/mol. The highest BCUT2D eigenvalue weighted by atomic mass is 16.5. The van der Waals surface area contributed by atoms with Crippen molar-refractivity contribution in [1.82, 2.24) is 24.8 Å². The maximum atomic E-state index is 13.3. The molecule has 1 atom stereocenters. The van der Waals surface area contributed by atoms with Gasteiger partial charge in [0.15, 0.2) is 5.78 Å². The zero-order valence-electron chi connectivity index (χ0n) is 23.2. The molecule has 39 heavy (non-hydrogen) atoms. The van der Waals surface area contributed by atoms with Crippen LogP contribution >= 0.6 is 0 Å². The first-order chi connectivity index (χ1) is 18.6. The quantitative estimate of drug-likeness (QED) is 0.343. The van der Waals surface area contributed by atoms with Crippen molar-refractivity contribution in [1.29, 1.82) is 0 Å². The van der Waals surface area contributed by atoms with Crippen LogP contribution in [0.1, 0.15) is 43.5 Å². The van der Waals surface area contributed by atoms with Gasteiger partial charge in [0, 0.05) is 55.8 Å². The summed E-state index contributed by atoms with van der Waals surface area (Å²) in [6.07, 6.45) is 9.08. The molecule has 10 heteroatoms. The average Bonchev–Trinajstić information content (AvgIpc) is 3.31. The van der Waals surface area contributed by atoms with Crippen LogP contribution in [0.4, 0.5) is 4.79 Å². The zero-order chi connectivity index (χ0) is 28.5. The number of carbonyl (C=O) groups excluding carboxylic acids is 3. The monoisotopic (exact) mass is 535 g/mol. The molecule has 0 aliphatic heterocycles. The minimum atomic E-state index is -0.870. The number of hydrogen-bond acceptors (Lipinski definition) is 6. The van der Waals surface area contributed by atoms with E-state index in [1.165, 1.54) is 18.1 Å². The molecule has 0 radical (unpaired) electrons. The molecule has 0 aliphatic carbocycles. The predicted molar refractivity (Wildman–Crippen MR) is 150 cm³/mol. The number of nitrogens with zero attached hydrogens (tertiary/aromatic N) is 3. The molecule has 3 heterocycles. The van der Waals surface area contributed by atoms with E-state index in [2.05, 4.69) is 33.9 Å². The standard InChI is InChI=1S/C29H37N5O5/c1-19(2)13-21-16-30-17-22-14-23(31-27(21)22)18-34-12-8-9-20(28(34)37)15-25(35)24(32-29(38)39-5)10-6-7-11-26(36)33(3)4/h7-9,11-12,14,16-17,19,24,31H,6,10,13,15,18H2,1-5H3,(H,32,38)/b11-7+. The number of amides is 2. The van der Waals surface area contributed by atoms with Crippen molar-refractivity contribution >= 4 is 28.7 Å². The van der Waals surface area contributed by atoms with E-state index in [1.54, 1.807) is 49.3 Å². The van der Waals surface area contributed by atoms with Gasteiger partial charge in [-0.25, -0.2) is 4.79 Å². The van der Waals surface area contributed by atoms with Gasteiger partial charge in [-0.1, -0.05) is 26.0 Å². The summed E-state index contributed by atoms with van der Waals surface area (Å²) in [5.41, 5.74) is 3.06. The zero-order valence-corrected chi connectivity index (χ0v) is 23.2. The van der Waals surface area contributed by atoms with E-state index in [9.17, 15) is 19.2 Å². The molecule has 3 aromatic rings. The molecule has 2 N–H and O–H groups in total. The Hall–Kier alpha value is -4.21. The van der Waals surface area contributed by atoms with E-state index in [0.29, 0.717) is 24.4 Å². The summed E-state index contributed by atoms with van der Waals surface area (Å²) in [7, 11) is 4.50. The molecular formula is C29H37N5O5. The number of fused-ring (bicyclic) bond motifs is 1. The molecule has 0 aromatic carbocycles. The van der Waals surface area contributed by atoms with Gasteiger partial charge in [-0.15, -0.1) is 0 Å². The van der Waals surface area contributed by atoms with Gasteiger partial charge in [0.05, 0.1) is 25.2 Å². The van der Waals surface area contributed by atoms with E-state index >= 15 is 0 Å². The second-order valence-electron chi connectivity index (χ2n) is 10.2. The Labute approximate surface area is 228 Å². The Kier molecular flexibility index (Phi) is 10.2. The normalized spacial score (nSPS) is 12.2. The van der Waals surface area contributed by atoms with Gasteiger partial charge in [0.25, 0.3) is 5.56 Å². The first-order valence-corrected chi connectivity index (χ1v) is 13.0. The van der Waals surface area contributed by atoms with E-state index in [-0.39, 0.29) is 30.1 Å². The summed E-state index contributed by atoms with van der Waals surface area (Å²) in [5.74, 6) is -0.0151. The Morgan fingerprint density at radius 3 is 2.67 bits per heavy atom. The molecule has 2 amide bonds. The third kappa shape index (κ3) is 8.13. The number of pyridine rings is 2. The summed E-state index contributed by atoms with van der Waals surface area (Å²) in [5, 5.41) is 3.53. The maximum absolute atomic E-state index is 13.3. The molecule has 0 fully saturated rings. The molecule has 0 saturated carbocycles. The smallest absolute Gasteiger partial charge is 0.407 e. The number of rotatable bonds is 12. The number of hydrogen-bond donors (Lipinski definition) is 2. The number of likely N-dealkylation sites (N-methyl/N-ethyl adjacent to an activating group) is 1. The number of H-pyrrole nitrogens is 1. The number of alkyl carbamates (subject to hydrolysis) is 1. The van der Waals surface area contributed by atoms with Crippen molar-refractivity contribution in [2.45, 2.75) is 52.1 Å². The van der Waals surface area contributed by atoms with E-state index in [0.717, 1.165) is 28.6 Å². The molecule has 1 unspecified atom stereocenters. The van der Waals surface area contributed by atoms with Gasteiger partial charge < -0.3 is 24.5 Å². The van der Waals surface area contributed by atoms with Crippen molar-refractivity contribution in [3.05, 3.63) is 76.1 Å². The Morgan fingerprint density at radius 1 is 1.21 bits per heavy atom. The molecule has 3 aromatic heterocycles. The molecular weight excluding hydrogens is 498 g/mol. The first kappa shape index (κ1) is 29.3. The third-order valence-corrected chi connectivity index (χ3v) is 6.29. The van der Waals surface area contributed by atoms with Crippen LogP contribution in [-0.2, 0) is 33.7 Å². The lowest BCUT2D eigenvalue weighted by Crippen LogP contribution is -2.42. The third-order valence-electron chi connectivity index (χ3n) is 6.29. The number of aromatic nitrogens is 3. The topological polar surface area (TPSA) is 126 Å². The lowest BCUT2D eigenvalue weighted by molar-refractivity contribution is -0.123. The summed E-state index contributed by atoms with van der Waals surface area (Å²) < 4.78 is 6.22. The Bertz CT molecular complexity index is 1400.